The number of furan rings is 2. The van der Waals surface area contributed by atoms with E-state index >= 15 is 0 Å². The van der Waals surface area contributed by atoms with E-state index in [4.69, 9.17) is 32.1 Å². The van der Waals surface area contributed by atoms with Crippen molar-refractivity contribution in [2.75, 3.05) is 0 Å². The van der Waals surface area contributed by atoms with E-state index in [0.717, 1.165) is 6.07 Å². The third-order valence-corrected chi connectivity index (χ3v) is 6.80. The Morgan fingerprint density at radius 1 is 0.381 bits per heavy atom. The summed E-state index contributed by atoms with van der Waals surface area (Å²) in [6.07, 6.45) is 0. The van der Waals surface area contributed by atoms with E-state index in [2.05, 4.69) is 0 Å². The van der Waals surface area contributed by atoms with Gasteiger partial charge in [-0.25, -0.2) is 0 Å². The zero-order valence-electron chi connectivity index (χ0n) is 43.9. The molecule has 0 spiro atoms. The van der Waals surface area contributed by atoms with E-state index in [1.54, 1.807) is 0 Å². The zero-order valence-corrected chi connectivity index (χ0v) is 20.9. The van der Waals surface area contributed by atoms with Crippen molar-refractivity contribution in [3.05, 3.63) is 145 Å². The lowest BCUT2D eigenvalue weighted by atomic mass is 9.86. The van der Waals surface area contributed by atoms with Crippen LogP contribution in [0.25, 0.3) is 88.0 Å². The van der Waals surface area contributed by atoms with E-state index < -0.39 is 194 Å². The van der Waals surface area contributed by atoms with Crippen molar-refractivity contribution in [3.8, 4) is 33.6 Å². The van der Waals surface area contributed by atoms with Crippen LogP contribution in [0, 0.1) is 0 Å². The van der Waals surface area contributed by atoms with Crippen LogP contribution in [-0.4, -0.2) is 0 Å². The second-order valence-electron chi connectivity index (χ2n) is 9.11. The molecule has 2 heteroatoms. The van der Waals surface area contributed by atoms with Crippen LogP contribution in [0.3, 0.4) is 0 Å². The Morgan fingerprint density at radius 2 is 0.929 bits per heavy atom. The number of hydrogen-bond acceptors (Lipinski definition) is 2. The summed E-state index contributed by atoms with van der Waals surface area (Å²) in [5.41, 5.74) is -4.20. The molecule has 196 valence electrons. The van der Waals surface area contributed by atoms with Gasteiger partial charge in [-0.05, 0) is 74.0 Å². The Kier molecular flexibility index (Phi) is 2.14. The van der Waals surface area contributed by atoms with Crippen LogP contribution in [0.4, 0.5) is 0 Å². The Balaban J connectivity index is 1.48. The highest BCUT2D eigenvalue weighted by Gasteiger charge is 2.18. The summed E-state index contributed by atoms with van der Waals surface area (Å²) in [6, 6.07) is -17.0. The summed E-state index contributed by atoms with van der Waals surface area (Å²) in [5, 5.41) is -3.25. The minimum absolute atomic E-state index is 0.139. The molecule has 0 aliphatic rings. The largest absolute Gasteiger partial charge is 0.456 e. The normalized spacial score (nSPS) is 19.5. The highest BCUT2D eigenvalue weighted by molar-refractivity contribution is 6.22. The average Bonchev–Trinajstić information content (AvgIpc) is 3.91. The van der Waals surface area contributed by atoms with Crippen molar-refractivity contribution in [3.63, 3.8) is 0 Å². The maximum Gasteiger partial charge on any atom is 0.136 e. The van der Waals surface area contributed by atoms with E-state index in [1.165, 1.54) is 0 Å². The molecule has 9 aromatic rings. The molecular formula is C40H24O2. The van der Waals surface area contributed by atoms with Crippen molar-refractivity contribution in [2.24, 2.45) is 0 Å². The summed E-state index contributed by atoms with van der Waals surface area (Å²) in [4.78, 5) is 0. The van der Waals surface area contributed by atoms with Crippen LogP contribution in [-0.2, 0) is 0 Å². The van der Waals surface area contributed by atoms with Gasteiger partial charge in [0.2, 0.25) is 0 Å². The standard InChI is InChI=1S/C40H24O2/c1-3-11-25(12-4-1)35-22-28-23-38-34(24-36(28)41-35)29-20-19-27(21-37(29)42-38)40-32-17-9-7-15-30(32)39(26-13-5-2-6-14-26)31-16-8-10-18-33(31)40/h1-24H/i1D,2D,3D,4D,5D,6D,7D,8D,9D,10D,11D,12D,13D,14D,15D,16D,17D,18D,19D,20D,21D,23D,24D. The first-order valence-corrected chi connectivity index (χ1v) is 12.4. The van der Waals surface area contributed by atoms with Crippen LogP contribution in [0.1, 0.15) is 31.5 Å². The predicted octanol–water partition coefficient (Wildman–Crippen LogP) is 11.6. The van der Waals surface area contributed by atoms with Crippen LogP contribution < -0.4 is 0 Å². The van der Waals surface area contributed by atoms with Crippen LogP contribution in [0.2, 0.25) is 0 Å². The summed E-state index contributed by atoms with van der Waals surface area (Å²) in [5.74, 6) is -0.299. The molecule has 0 atom stereocenters. The van der Waals surface area contributed by atoms with E-state index in [-0.39, 0.29) is 33.1 Å². The zero-order chi connectivity index (χ0) is 47.6. The second-order valence-corrected chi connectivity index (χ2v) is 9.11. The molecule has 2 nitrogen and oxygen atoms in total. The van der Waals surface area contributed by atoms with Crippen molar-refractivity contribution in [1.29, 1.82) is 0 Å². The van der Waals surface area contributed by atoms with Gasteiger partial charge in [-0.15, -0.1) is 0 Å². The van der Waals surface area contributed by atoms with Gasteiger partial charge in [-0.3, -0.25) is 0 Å². The topological polar surface area (TPSA) is 26.3 Å². The van der Waals surface area contributed by atoms with Gasteiger partial charge >= 0.3 is 0 Å². The molecular weight excluding hydrogens is 512 g/mol. The van der Waals surface area contributed by atoms with Gasteiger partial charge in [-0.2, -0.15) is 0 Å². The highest BCUT2D eigenvalue weighted by Crippen LogP contribution is 2.45. The minimum Gasteiger partial charge on any atom is -0.456 e. The lowest BCUT2D eigenvalue weighted by Crippen LogP contribution is -1.90. The van der Waals surface area contributed by atoms with Crippen LogP contribution >= 0.6 is 0 Å². The second kappa shape index (κ2) is 8.95. The molecule has 0 aliphatic heterocycles. The van der Waals surface area contributed by atoms with Gasteiger partial charge in [0.1, 0.15) is 22.5 Å². The van der Waals surface area contributed by atoms with Gasteiger partial charge in [0, 0.05) is 21.7 Å². The maximum atomic E-state index is 9.59. The summed E-state index contributed by atoms with van der Waals surface area (Å²) < 4.78 is 214. The molecule has 0 radical (unpaired) electrons. The Hall–Kier alpha value is -5.60. The molecule has 0 saturated carbocycles. The smallest absolute Gasteiger partial charge is 0.136 e. The lowest BCUT2D eigenvalue weighted by molar-refractivity contribution is 0.631. The van der Waals surface area contributed by atoms with Crippen molar-refractivity contribution < 1.29 is 40.4 Å². The third kappa shape index (κ3) is 3.45. The van der Waals surface area contributed by atoms with Gasteiger partial charge in [0.05, 0.1) is 31.5 Å². The van der Waals surface area contributed by atoms with E-state index in [9.17, 15) is 8.22 Å². The van der Waals surface area contributed by atoms with E-state index in [1.807, 2.05) is 0 Å². The Bertz CT molecular complexity index is 3620. The number of benzene rings is 7. The quantitative estimate of drug-likeness (QED) is 0.201. The first-order valence-electron chi connectivity index (χ1n) is 23.9. The Labute approximate surface area is 274 Å². The summed E-state index contributed by atoms with van der Waals surface area (Å²) in [7, 11) is 0. The van der Waals surface area contributed by atoms with Crippen molar-refractivity contribution >= 4 is 54.5 Å². The average molecular weight is 560 g/mol. The molecule has 2 heterocycles. The highest BCUT2D eigenvalue weighted by atomic mass is 16.3. The number of hydrogen-bond donors (Lipinski definition) is 0. The molecule has 9 rings (SSSR count). The fraction of sp³-hybridized carbons (Fsp3) is 0. The lowest BCUT2D eigenvalue weighted by Gasteiger charge is -2.17. The minimum atomic E-state index is -0.895. The third-order valence-electron chi connectivity index (χ3n) is 6.80. The Morgan fingerprint density at radius 3 is 1.57 bits per heavy atom. The van der Waals surface area contributed by atoms with Gasteiger partial charge in [-0.1, -0.05) is 115 Å². The molecule has 0 amide bonds. The molecule has 0 unspecified atom stereocenters. The summed E-state index contributed by atoms with van der Waals surface area (Å²) in [6.45, 7) is 0. The molecule has 0 aliphatic carbocycles. The van der Waals surface area contributed by atoms with Crippen LogP contribution in [0.15, 0.2) is 154 Å². The van der Waals surface area contributed by atoms with Gasteiger partial charge in [0.15, 0.2) is 0 Å². The first kappa shape index (κ1) is 10.0. The molecule has 7 aromatic carbocycles. The molecule has 42 heavy (non-hydrogen) atoms. The number of fused-ring (bicyclic) bond motifs is 6. The molecule has 0 bridgehead atoms. The fourth-order valence-electron chi connectivity index (χ4n) is 5.05. The van der Waals surface area contributed by atoms with Gasteiger partial charge in [0.25, 0.3) is 0 Å². The first-order chi connectivity index (χ1) is 30.4. The molecule has 0 N–H and O–H groups in total. The van der Waals surface area contributed by atoms with Crippen LogP contribution in [0.5, 0.6) is 0 Å². The summed E-state index contributed by atoms with van der Waals surface area (Å²) >= 11 is 0. The maximum absolute atomic E-state index is 9.59. The van der Waals surface area contributed by atoms with Gasteiger partial charge < -0.3 is 8.83 Å². The number of rotatable bonds is 3. The molecule has 2 aromatic heterocycles. The van der Waals surface area contributed by atoms with Crippen molar-refractivity contribution in [1.82, 2.24) is 0 Å². The fourth-order valence-corrected chi connectivity index (χ4v) is 5.05. The van der Waals surface area contributed by atoms with Crippen molar-refractivity contribution in [2.45, 2.75) is 0 Å². The molecule has 0 saturated heterocycles. The van der Waals surface area contributed by atoms with E-state index in [0.29, 0.717) is 0 Å². The molecule has 0 fully saturated rings. The predicted molar refractivity (Wildman–Crippen MR) is 175 cm³/mol. The monoisotopic (exact) mass is 559 g/mol. The SMILES string of the molecule is [2H]c1c([2H])c([2H])c(-c2cc3c([2H])c4oc5c([2H])c(-c6c7c([2H])c([2H])c([2H])c([2H])c7c(-c7c([2H])c([2H])c([2H])c([2H])c7[2H])c7c([2H])c([2H])c([2H])c([2H])c67)c([2H])c([2H])c5c4c([2H])c3o2)c([2H])c1[2H].